The van der Waals surface area contributed by atoms with Crippen LogP contribution in [0.2, 0.25) is 5.02 Å². The van der Waals surface area contributed by atoms with Crippen LogP contribution >= 0.6 is 11.6 Å². The molecule has 1 aliphatic carbocycles. The van der Waals surface area contributed by atoms with E-state index in [-0.39, 0.29) is 11.8 Å². The van der Waals surface area contributed by atoms with Gasteiger partial charge in [-0.15, -0.1) is 0 Å². The number of rotatable bonds is 6. The molecule has 1 amide bonds. The van der Waals surface area contributed by atoms with E-state index >= 15 is 0 Å². The molecule has 0 saturated carbocycles. The molecule has 1 aromatic carbocycles. The van der Waals surface area contributed by atoms with Gasteiger partial charge in [-0.25, -0.2) is 9.97 Å². The Morgan fingerprint density at radius 3 is 2.36 bits per heavy atom. The molecular formula is C28H39ClN6O. The van der Waals surface area contributed by atoms with E-state index in [1.807, 2.05) is 24.3 Å². The van der Waals surface area contributed by atoms with Crippen LogP contribution in [0, 0.1) is 0 Å². The molecule has 0 bridgehead atoms. The minimum Gasteiger partial charge on any atom is -0.353 e. The average molecular weight is 511 g/mol. The number of halogens is 1. The van der Waals surface area contributed by atoms with Crippen LogP contribution in [0.15, 0.2) is 30.6 Å². The molecule has 5 rings (SSSR count). The highest BCUT2D eigenvalue weighted by Gasteiger charge is 2.33. The topological polar surface area (TPSA) is 55.8 Å². The number of carbonyl (C=O) groups excluding carboxylic acids is 1. The van der Waals surface area contributed by atoms with Crippen LogP contribution in [0.4, 0.5) is 5.82 Å². The third kappa shape index (κ3) is 5.38. The van der Waals surface area contributed by atoms with Gasteiger partial charge in [0.1, 0.15) is 12.1 Å². The van der Waals surface area contributed by atoms with Crippen LogP contribution in [0.3, 0.4) is 0 Å². The fraction of sp³-hybridized carbons (Fsp3) is 0.607. The molecule has 1 aromatic heterocycles. The van der Waals surface area contributed by atoms with Crippen molar-refractivity contribution in [2.24, 2.45) is 0 Å². The van der Waals surface area contributed by atoms with Gasteiger partial charge in [-0.05, 0) is 50.3 Å². The number of hydrogen-bond donors (Lipinski definition) is 0. The van der Waals surface area contributed by atoms with Gasteiger partial charge >= 0.3 is 0 Å². The predicted octanol–water partition coefficient (Wildman–Crippen LogP) is 3.64. The van der Waals surface area contributed by atoms with Gasteiger partial charge in [-0.1, -0.05) is 30.7 Å². The maximum Gasteiger partial charge on any atom is 0.231 e. The molecule has 2 atom stereocenters. The SMILES string of the molecule is CC(C)N1CCN(C[C@@H](C(=O)N2CCN(c3ncnc4c3[C@H](C)CC4)CC2)c2ccc(Cl)cc2)CC1. The second kappa shape index (κ2) is 11.0. The monoisotopic (exact) mass is 510 g/mol. The zero-order chi connectivity index (χ0) is 25.2. The van der Waals surface area contributed by atoms with E-state index in [4.69, 9.17) is 11.6 Å². The second-order valence-electron chi connectivity index (χ2n) is 10.8. The van der Waals surface area contributed by atoms with Crippen molar-refractivity contribution in [2.75, 3.05) is 63.8 Å². The molecule has 0 unspecified atom stereocenters. The Hall–Kier alpha value is -2.22. The van der Waals surface area contributed by atoms with Crippen molar-refractivity contribution < 1.29 is 4.79 Å². The fourth-order valence-electron chi connectivity index (χ4n) is 5.98. The van der Waals surface area contributed by atoms with Crippen molar-refractivity contribution in [3.63, 3.8) is 0 Å². The first-order valence-electron chi connectivity index (χ1n) is 13.5. The Kier molecular flexibility index (Phi) is 7.79. The number of anilines is 1. The van der Waals surface area contributed by atoms with E-state index in [0.29, 0.717) is 17.0 Å². The third-order valence-corrected chi connectivity index (χ3v) is 8.54. The van der Waals surface area contributed by atoms with Crippen molar-refractivity contribution in [1.82, 2.24) is 24.7 Å². The molecule has 0 spiro atoms. The highest BCUT2D eigenvalue weighted by Crippen LogP contribution is 2.37. The highest BCUT2D eigenvalue weighted by molar-refractivity contribution is 6.30. The summed E-state index contributed by atoms with van der Waals surface area (Å²) >= 11 is 6.18. The largest absolute Gasteiger partial charge is 0.353 e. The maximum atomic E-state index is 13.9. The molecule has 2 fully saturated rings. The van der Waals surface area contributed by atoms with Crippen LogP contribution in [0.25, 0.3) is 0 Å². The summed E-state index contributed by atoms with van der Waals surface area (Å²) < 4.78 is 0. The molecule has 2 saturated heterocycles. The van der Waals surface area contributed by atoms with Crippen molar-refractivity contribution >= 4 is 23.3 Å². The minimum absolute atomic E-state index is 0.178. The van der Waals surface area contributed by atoms with Crippen LogP contribution in [-0.2, 0) is 11.2 Å². The highest BCUT2D eigenvalue weighted by atomic mass is 35.5. The number of aryl methyl sites for hydroxylation is 1. The molecule has 3 heterocycles. The zero-order valence-corrected chi connectivity index (χ0v) is 22.6. The number of nitrogens with zero attached hydrogens (tertiary/aromatic N) is 6. The summed E-state index contributed by atoms with van der Waals surface area (Å²) in [6, 6.07) is 8.43. The number of amides is 1. The molecule has 36 heavy (non-hydrogen) atoms. The fourth-order valence-corrected chi connectivity index (χ4v) is 6.10. The van der Waals surface area contributed by atoms with Crippen LogP contribution in [0.1, 0.15) is 55.8 Å². The first-order valence-corrected chi connectivity index (χ1v) is 13.9. The summed E-state index contributed by atoms with van der Waals surface area (Å²) in [5, 5.41) is 0.704. The van der Waals surface area contributed by atoms with E-state index in [0.717, 1.165) is 83.1 Å². The predicted molar refractivity (Wildman–Crippen MR) is 145 cm³/mol. The van der Waals surface area contributed by atoms with Crippen LogP contribution in [-0.4, -0.2) is 95.5 Å². The Morgan fingerprint density at radius 2 is 1.69 bits per heavy atom. The summed E-state index contributed by atoms with van der Waals surface area (Å²) in [5.74, 6) is 1.63. The van der Waals surface area contributed by atoms with Gasteiger partial charge in [0.2, 0.25) is 5.91 Å². The number of fused-ring (bicyclic) bond motifs is 1. The molecular weight excluding hydrogens is 472 g/mol. The van der Waals surface area contributed by atoms with Crippen molar-refractivity contribution in [3.8, 4) is 0 Å². The van der Waals surface area contributed by atoms with Crippen molar-refractivity contribution in [1.29, 1.82) is 0 Å². The number of hydrogen-bond acceptors (Lipinski definition) is 6. The van der Waals surface area contributed by atoms with Gasteiger partial charge in [0.15, 0.2) is 0 Å². The summed E-state index contributed by atoms with van der Waals surface area (Å²) in [4.78, 5) is 32.5. The Balaban J connectivity index is 1.27. The van der Waals surface area contributed by atoms with E-state index in [9.17, 15) is 4.79 Å². The molecule has 8 heteroatoms. The summed E-state index contributed by atoms with van der Waals surface area (Å²) in [5.41, 5.74) is 3.57. The molecule has 2 aliphatic heterocycles. The van der Waals surface area contributed by atoms with Gasteiger partial charge < -0.3 is 9.80 Å². The van der Waals surface area contributed by atoms with Gasteiger partial charge in [0.05, 0.1) is 5.92 Å². The second-order valence-corrected chi connectivity index (χ2v) is 11.3. The number of aromatic nitrogens is 2. The quantitative estimate of drug-likeness (QED) is 0.591. The first-order chi connectivity index (χ1) is 17.4. The number of carbonyl (C=O) groups is 1. The average Bonchev–Trinajstić information content (AvgIpc) is 3.29. The lowest BCUT2D eigenvalue weighted by Gasteiger charge is -2.40. The van der Waals surface area contributed by atoms with E-state index < -0.39 is 0 Å². The van der Waals surface area contributed by atoms with Crippen LogP contribution < -0.4 is 4.90 Å². The Bertz CT molecular complexity index is 1040. The van der Waals surface area contributed by atoms with E-state index in [1.165, 1.54) is 11.3 Å². The van der Waals surface area contributed by atoms with Gasteiger partial charge in [0.25, 0.3) is 0 Å². The summed E-state index contributed by atoms with van der Waals surface area (Å²) in [6.45, 7) is 14.7. The molecule has 3 aliphatic rings. The van der Waals surface area contributed by atoms with Crippen molar-refractivity contribution in [2.45, 2.75) is 51.5 Å². The zero-order valence-electron chi connectivity index (χ0n) is 21.9. The number of piperazine rings is 2. The smallest absolute Gasteiger partial charge is 0.231 e. The lowest BCUT2D eigenvalue weighted by molar-refractivity contribution is -0.133. The molecule has 2 aromatic rings. The van der Waals surface area contributed by atoms with E-state index in [1.54, 1.807) is 6.33 Å². The van der Waals surface area contributed by atoms with Gasteiger partial charge in [-0.2, -0.15) is 0 Å². The third-order valence-electron chi connectivity index (χ3n) is 8.29. The van der Waals surface area contributed by atoms with Gasteiger partial charge in [0, 0.05) is 81.2 Å². The van der Waals surface area contributed by atoms with Crippen LogP contribution in [0.5, 0.6) is 0 Å². The van der Waals surface area contributed by atoms with Crippen molar-refractivity contribution in [3.05, 3.63) is 52.4 Å². The molecule has 0 N–H and O–H groups in total. The molecule has 0 radical (unpaired) electrons. The number of benzene rings is 1. The lowest BCUT2D eigenvalue weighted by Crippen LogP contribution is -2.53. The maximum absolute atomic E-state index is 13.9. The summed E-state index contributed by atoms with van der Waals surface area (Å²) in [6.07, 6.45) is 3.89. The Labute approximate surface area is 220 Å². The summed E-state index contributed by atoms with van der Waals surface area (Å²) in [7, 11) is 0. The standard InChI is InChI=1S/C28H39ClN6O/c1-20(2)33-12-10-32(11-13-33)18-24(22-5-7-23(29)8-6-22)28(36)35-16-14-34(15-17-35)27-26-21(3)4-9-25(26)30-19-31-27/h5-8,19-21,24H,4,9-18H2,1-3H3/t21-,24-/m1/s1. The molecule has 194 valence electrons. The lowest BCUT2D eigenvalue weighted by atomic mass is 9.96. The molecule has 7 nitrogen and oxygen atoms in total. The first kappa shape index (κ1) is 25.4. The normalized spacial score (nSPS) is 22.2. The van der Waals surface area contributed by atoms with Gasteiger partial charge in [-0.3, -0.25) is 14.6 Å². The van der Waals surface area contributed by atoms with E-state index in [2.05, 4.69) is 50.3 Å². The minimum atomic E-state index is -0.178. The Morgan fingerprint density at radius 1 is 1.00 bits per heavy atom.